The second-order valence-corrected chi connectivity index (χ2v) is 13.2. The number of nitrogens with zero attached hydrogens (tertiary/aromatic N) is 5. The molecule has 0 saturated carbocycles. The van der Waals surface area contributed by atoms with E-state index in [-0.39, 0.29) is 29.6 Å². The predicted molar refractivity (Wildman–Crippen MR) is 171 cm³/mol. The van der Waals surface area contributed by atoms with E-state index >= 15 is 0 Å². The molecule has 1 spiro atoms. The summed E-state index contributed by atoms with van der Waals surface area (Å²) in [6.45, 7) is 5.01. The van der Waals surface area contributed by atoms with Gasteiger partial charge in [-0.15, -0.1) is 0 Å². The molecular weight excluding hydrogens is 554 g/mol. The monoisotopic (exact) mass is 597 g/mol. The van der Waals surface area contributed by atoms with Crippen LogP contribution in [0.1, 0.15) is 42.9 Å². The number of carbonyl (C=O) groups is 2. The number of benzene rings is 3. The van der Waals surface area contributed by atoms with Gasteiger partial charge in [-0.05, 0) is 67.1 Å². The van der Waals surface area contributed by atoms with E-state index in [2.05, 4.69) is 65.2 Å². The number of amides is 3. The quantitative estimate of drug-likeness (QED) is 0.378. The number of anilines is 1. The first-order valence-electron chi connectivity index (χ1n) is 16.0. The summed E-state index contributed by atoms with van der Waals surface area (Å²) in [6.07, 6.45) is 4.34. The molecule has 0 unspecified atom stereocenters. The Hall–Kier alpha value is -3.82. The Morgan fingerprint density at radius 2 is 1.73 bits per heavy atom. The molecule has 3 atom stereocenters. The van der Waals surface area contributed by atoms with Gasteiger partial charge in [0.15, 0.2) is 11.5 Å². The van der Waals surface area contributed by atoms with E-state index in [4.69, 9.17) is 4.74 Å². The Bertz CT molecular complexity index is 1590. The Labute approximate surface area is 259 Å². The highest BCUT2D eigenvalue weighted by molar-refractivity contribution is 6.09. The normalized spacial score (nSPS) is 25.6. The van der Waals surface area contributed by atoms with Crippen molar-refractivity contribution in [2.24, 2.45) is 5.92 Å². The molecule has 4 aliphatic heterocycles. The highest BCUT2D eigenvalue weighted by atomic mass is 16.5. The molecule has 0 bridgehead atoms. The zero-order valence-electron chi connectivity index (χ0n) is 26.0. The summed E-state index contributed by atoms with van der Waals surface area (Å²) in [5.74, 6) is 0.519. The maximum Gasteiger partial charge on any atom is 0.328 e. The number of hydrogen-bond donors (Lipinski definition) is 1. The fourth-order valence-electron chi connectivity index (χ4n) is 8.38. The average Bonchev–Trinajstić information content (AvgIpc) is 3.60. The minimum Gasteiger partial charge on any atom is -0.504 e. The summed E-state index contributed by atoms with van der Waals surface area (Å²) in [6, 6.07) is 17.9. The van der Waals surface area contributed by atoms with E-state index in [9.17, 15) is 14.7 Å². The number of aromatic hydroxyl groups is 1. The van der Waals surface area contributed by atoms with Crippen LogP contribution in [0.25, 0.3) is 10.8 Å². The van der Waals surface area contributed by atoms with Crippen LogP contribution in [-0.2, 0) is 11.3 Å². The number of fused-ring (bicyclic) bond motifs is 1. The van der Waals surface area contributed by atoms with Crippen LogP contribution in [0.2, 0.25) is 0 Å². The molecule has 3 amide bonds. The van der Waals surface area contributed by atoms with Crippen molar-refractivity contribution < 1.29 is 19.4 Å². The first kappa shape index (κ1) is 28.9. The van der Waals surface area contributed by atoms with Crippen molar-refractivity contribution >= 4 is 28.4 Å². The van der Waals surface area contributed by atoms with Crippen LogP contribution in [0.3, 0.4) is 0 Å². The molecule has 4 fully saturated rings. The van der Waals surface area contributed by atoms with Crippen molar-refractivity contribution in [2.45, 2.75) is 43.8 Å². The lowest BCUT2D eigenvalue weighted by atomic mass is 9.87. The molecule has 0 aliphatic carbocycles. The van der Waals surface area contributed by atoms with Gasteiger partial charge >= 0.3 is 6.03 Å². The smallest absolute Gasteiger partial charge is 0.328 e. The Morgan fingerprint density at radius 1 is 0.955 bits per heavy atom. The van der Waals surface area contributed by atoms with Gasteiger partial charge in [-0.25, -0.2) is 4.79 Å². The van der Waals surface area contributed by atoms with Crippen LogP contribution in [-0.4, -0.2) is 103 Å². The van der Waals surface area contributed by atoms with Gasteiger partial charge in [-0.2, -0.15) is 0 Å². The Kier molecular flexibility index (Phi) is 7.41. The third kappa shape index (κ3) is 4.59. The molecule has 3 aromatic rings. The molecular formula is C35H43N5O4. The van der Waals surface area contributed by atoms with Crippen molar-refractivity contribution in [1.29, 1.82) is 0 Å². The number of ether oxygens (including phenoxy) is 1. The number of piperidine rings is 1. The summed E-state index contributed by atoms with van der Waals surface area (Å²) in [7, 11) is 5.64. The molecule has 3 aromatic carbocycles. The number of hydrogen-bond acceptors (Lipinski definition) is 7. The van der Waals surface area contributed by atoms with Crippen molar-refractivity contribution in [3.63, 3.8) is 0 Å². The molecule has 44 heavy (non-hydrogen) atoms. The van der Waals surface area contributed by atoms with E-state index in [1.54, 1.807) is 17.0 Å². The van der Waals surface area contributed by atoms with Crippen LogP contribution in [0.5, 0.6) is 11.5 Å². The minimum absolute atomic E-state index is 0.0167. The van der Waals surface area contributed by atoms with Gasteiger partial charge in [-0.1, -0.05) is 42.8 Å². The number of imide groups is 1. The lowest BCUT2D eigenvalue weighted by Gasteiger charge is -2.32. The molecule has 0 aromatic heterocycles. The second-order valence-electron chi connectivity index (χ2n) is 13.2. The van der Waals surface area contributed by atoms with Gasteiger partial charge in [-0.3, -0.25) is 14.6 Å². The molecule has 4 aliphatic rings. The number of rotatable bonds is 8. The number of urea groups is 1. The van der Waals surface area contributed by atoms with Gasteiger partial charge in [0.05, 0.1) is 13.2 Å². The predicted octanol–water partition coefficient (Wildman–Crippen LogP) is 4.69. The minimum atomic E-state index is -0.889. The fourth-order valence-corrected chi connectivity index (χ4v) is 8.38. The number of methoxy groups -OCH3 is 1. The summed E-state index contributed by atoms with van der Waals surface area (Å²) >= 11 is 0. The number of phenolic OH excluding ortho intramolecular Hbond substituents is 1. The molecule has 7 rings (SSSR count). The van der Waals surface area contributed by atoms with E-state index < -0.39 is 5.54 Å². The van der Waals surface area contributed by atoms with Crippen LogP contribution >= 0.6 is 0 Å². The highest BCUT2D eigenvalue weighted by Gasteiger charge is 2.70. The fraction of sp³-hybridized carbons (Fsp3) is 0.486. The topological polar surface area (TPSA) is 79.8 Å². The number of carbonyl (C=O) groups excluding carboxylic acids is 2. The lowest BCUT2D eigenvalue weighted by molar-refractivity contribution is -0.133. The van der Waals surface area contributed by atoms with Gasteiger partial charge < -0.3 is 24.5 Å². The number of likely N-dealkylation sites (tertiary alicyclic amines) is 2. The molecule has 1 N–H and O–H groups in total. The Morgan fingerprint density at radius 3 is 2.45 bits per heavy atom. The molecule has 4 saturated heterocycles. The van der Waals surface area contributed by atoms with Gasteiger partial charge in [0, 0.05) is 63.8 Å². The van der Waals surface area contributed by atoms with E-state index in [1.807, 2.05) is 11.0 Å². The van der Waals surface area contributed by atoms with Gasteiger partial charge in [0.1, 0.15) is 5.54 Å². The Balaban J connectivity index is 1.23. The van der Waals surface area contributed by atoms with Crippen molar-refractivity contribution in [3.8, 4) is 11.5 Å². The summed E-state index contributed by atoms with van der Waals surface area (Å²) in [5.41, 5.74) is 2.31. The molecule has 9 nitrogen and oxygen atoms in total. The van der Waals surface area contributed by atoms with Crippen molar-refractivity contribution in [1.82, 2.24) is 19.6 Å². The molecule has 0 radical (unpaired) electrons. The van der Waals surface area contributed by atoms with E-state index in [1.165, 1.54) is 26.4 Å². The SMILES string of the molecule is COc1ccc(CN2C[C@H]3C[C@H](c4ccc(N(C)C)c5ccccc45)N4C(=O)N(CCN5CCCCC5)C(=O)[C@]34C2)cc1O. The summed E-state index contributed by atoms with van der Waals surface area (Å²) < 4.78 is 5.23. The van der Waals surface area contributed by atoms with Crippen LogP contribution in [0.4, 0.5) is 10.5 Å². The van der Waals surface area contributed by atoms with Crippen LogP contribution < -0.4 is 9.64 Å². The van der Waals surface area contributed by atoms with Gasteiger partial charge in [0.2, 0.25) is 0 Å². The maximum atomic E-state index is 14.5. The summed E-state index contributed by atoms with van der Waals surface area (Å²) in [4.78, 5) is 39.3. The first-order chi connectivity index (χ1) is 21.3. The molecule has 232 valence electrons. The summed E-state index contributed by atoms with van der Waals surface area (Å²) in [5, 5.41) is 12.7. The zero-order valence-corrected chi connectivity index (χ0v) is 26.0. The van der Waals surface area contributed by atoms with Gasteiger partial charge in [0.25, 0.3) is 5.91 Å². The first-order valence-corrected chi connectivity index (χ1v) is 16.0. The largest absolute Gasteiger partial charge is 0.504 e. The maximum absolute atomic E-state index is 14.5. The highest BCUT2D eigenvalue weighted by Crippen LogP contribution is 2.56. The van der Waals surface area contributed by atoms with Crippen LogP contribution in [0, 0.1) is 5.92 Å². The second kappa shape index (κ2) is 11.3. The molecule has 4 heterocycles. The molecule has 9 heteroatoms. The zero-order chi connectivity index (χ0) is 30.6. The van der Waals surface area contributed by atoms with Crippen LogP contribution in [0.15, 0.2) is 54.6 Å². The van der Waals surface area contributed by atoms with Crippen molar-refractivity contribution in [2.75, 3.05) is 65.4 Å². The average molecular weight is 598 g/mol. The van der Waals surface area contributed by atoms with Crippen molar-refractivity contribution in [3.05, 3.63) is 65.7 Å². The third-order valence-electron chi connectivity index (χ3n) is 10.4. The number of phenols is 1. The van der Waals surface area contributed by atoms with E-state index in [0.717, 1.165) is 53.6 Å². The lowest BCUT2D eigenvalue weighted by Crippen LogP contribution is -2.51. The van der Waals surface area contributed by atoms with E-state index in [0.29, 0.717) is 31.9 Å². The third-order valence-corrected chi connectivity index (χ3v) is 10.4. The standard InChI is InChI=1S/C35H43N5O4/c1-36(2)29-13-12-28(26-9-5-6-10-27(26)29)30-20-25-22-38(21-24-11-14-32(44-3)31(41)19-24)23-35(25)33(42)39(34(43)40(30)35)18-17-37-15-7-4-8-16-37/h5-6,9-14,19,25,30,41H,4,7-8,15-18,20-23H2,1-3H3/t25-,30-,35+/m1/s1.